The predicted octanol–water partition coefficient (Wildman–Crippen LogP) is 3.47. The predicted molar refractivity (Wildman–Crippen MR) is 80.1 cm³/mol. The molecule has 114 valence electrons. The van der Waals surface area contributed by atoms with E-state index in [1.807, 2.05) is 0 Å². The third-order valence-corrected chi connectivity index (χ3v) is 3.06. The first-order valence-electron chi connectivity index (χ1n) is 7.58. The zero-order valence-corrected chi connectivity index (χ0v) is 12.7. The molecule has 5 nitrogen and oxygen atoms in total. The SMILES string of the molecule is CCCCCOC(OCCCCC)c1cncnc1N. The fourth-order valence-electron chi connectivity index (χ4n) is 1.84. The van der Waals surface area contributed by atoms with Crippen LogP contribution in [0.15, 0.2) is 12.5 Å². The van der Waals surface area contributed by atoms with Gasteiger partial charge in [-0.05, 0) is 12.8 Å². The Bertz CT molecular complexity index is 349. The highest BCUT2D eigenvalue weighted by molar-refractivity contribution is 5.37. The van der Waals surface area contributed by atoms with Crippen LogP contribution in [0.2, 0.25) is 0 Å². The highest BCUT2D eigenvalue weighted by atomic mass is 16.7. The molecule has 1 aromatic heterocycles. The maximum absolute atomic E-state index is 5.87. The molecule has 0 amide bonds. The van der Waals surface area contributed by atoms with E-state index < -0.39 is 6.29 Å². The van der Waals surface area contributed by atoms with Crippen LogP contribution in [-0.2, 0) is 9.47 Å². The van der Waals surface area contributed by atoms with Gasteiger partial charge in [-0.15, -0.1) is 0 Å². The summed E-state index contributed by atoms with van der Waals surface area (Å²) >= 11 is 0. The molecule has 0 saturated carbocycles. The normalized spacial score (nSPS) is 11.2. The minimum atomic E-state index is -0.454. The van der Waals surface area contributed by atoms with Gasteiger partial charge >= 0.3 is 0 Å². The summed E-state index contributed by atoms with van der Waals surface area (Å²) in [6.07, 6.45) is 9.36. The summed E-state index contributed by atoms with van der Waals surface area (Å²) in [6.45, 7) is 5.67. The van der Waals surface area contributed by atoms with Gasteiger partial charge in [0.25, 0.3) is 0 Å². The van der Waals surface area contributed by atoms with E-state index in [0.717, 1.165) is 31.2 Å². The Balaban J connectivity index is 2.52. The highest BCUT2D eigenvalue weighted by Crippen LogP contribution is 2.23. The van der Waals surface area contributed by atoms with Crippen LogP contribution in [0, 0.1) is 0 Å². The summed E-state index contributed by atoms with van der Waals surface area (Å²) in [5, 5.41) is 0. The number of nitrogen functional groups attached to an aromatic ring is 1. The van der Waals surface area contributed by atoms with Crippen LogP contribution in [0.3, 0.4) is 0 Å². The van der Waals surface area contributed by atoms with Gasteiger partial charge in [0.05, 0.1) is 18.8 Å². The Morgan fingerprint density at radius 1 is 1.05 bits per heavy atom. The van der Waals surface area contributed by atoms with Crippen LogP contribution in [-0.4, -0.2) is 23.2 Å². The Morgan fingerprint density at radius 3 is 2.15 bits per heavy atom. The molecule has 1 heterocycles. The molecule has 5 heteroatoms. The van der Waals surface area contributed by atoms with E-state index in [-0.39, 0.29) is 0 Å². The van der Waals surface area contributed by atoms with E-state index in [1.54, 1.807) is 6.20 Å². The fourth-order valence-corrected chi connectivity index (χ4v) is 1.84. The second kappa shape index (κ2) is 10.6. The van der Waals surface area contributed by atoms with Crippen LogP contribution in [0.1, 0.15) is 64.2 Å². The molecular weight excluding hydrogens is 254 g/mol. The van der Waals surface area contributed by atoms with Crippen LogP contribution in [0.5, 0.6) is 0 Å². The summed E-state index contributed by atoms with van der Waals surface area (Å²) in [5.41, 5.74) is 6.59. The summed E-state index contributed by atoms with van der Waals surface area (Å²) in [7, 11) is 0. The molecule has 0 radical (unpaired) electrons. The van der Waals surface area contributed by atoms with Crippen molar-refractivity contribution < 1.29 is 9.47 Å². The van der Waals surface area contributed by atoms with Gasteiger partial charge in [-0.2, -0.15) is 0 Å². The fraction of sp³-hybridized carbons (Fsp3) is 0.733. The van der Waals surface area contributed by atoms with Crippen LogP contribution >= 0.6 is 0 Å². The molecule has 0 aromatic carbocycles. The Hall–Kier alpha value is -1.20. The molecule has 0 atom stereocenters. The molecule has 2 N–H and O–H groups in total. The van der Waals surface area contributed by atoms with E-state index in [4.69, 9.17) is 15.2 Å². The number of unbranched alkanes of at least 4 members (excludes halogenated alkanes) is 4. The number of anilines is 1. The topological polar surface area (TPSA) is 70.3 Å². The quantitative estimate of drug-likeness (QED) is 0.497. The summed E-state index contributed by atoms with van der Waals surface area (Å²) in [5.74, 6) is 0.427. The highest BCUT2D eigenvalue weighted by Gasteiger charge is 2.16. The van der Waals surface area contributed by atoms with Gasteiger partial charge in [-0.1, -0.05) is 39.5 Å². The van der Waals surface area contributed by atoms with E-state index in [1.165, 1.54) is 19.2 Å². The van der Waals surface area contributed by atoms with Crippen molar-refractivity contribution in [3.05, 3.63) is 18.1 Å². The van der Waals surface area contributed by atoms with Crippen LogP contribution in [0.4, 0.5) is 5.82 Å². The average molecular weight is 281 g/mol. The molecule has 0 aliphatic heterocycles. The third-order valence-electron chi connectivity index (χ3n) is 3.06. The van der Waals surface area contributed by atoms with Gasteiger partial charge < -0.3 is 15.2 Å². The largest absolute Gasteiger partial charge is 0.383 e. The van der Waals surface area contributed by atoms with Crippen molar-refractivity contribution in [3.63, 3.8) is 0 Å². The summed E-state index contributed by atoms with van der Waals surface area (Å²) in [4.78, 5) is 8.00. The smallest absolute Gasteiger partial charge is 0.188 e. The van der Waals surface area contributed by atoms with Crippen molar-refractivity contribution in [1.82, 2.24) is 9.97 Å². The first-order chi connectivity index (χ1) is 9.79. The van der Waals surface area contributed by atoms with Crippen LogP contribution < -0.4 is 5.73 Å². The number of ether oxygens (including phenoxy) is 2. The Morgan fingerprint density at radius 2 is 1.65 bits per heavy atom. The second-order valence-electron chi connectivity index (χ2n) is 4.85. The average Bonchev–Trinajstić information content (AvgIpc) is 2.46. The minimum Gasteiger partial charge on any atom is -0.383 e. The molecule has 0 spiro atoms. The number of aromatic nitrogens is 2. The van der Waals surface area contributed by atoms with Crippen molar-refractivity contribution in [2.75, 3.05) is 18.9 Å². The second-order valence-corrected chi connectivity index (χ2v) is 4.85. The molecule has 0 fully saturated rings. The zero-order chi connectivity index (χ0) is 14.6. The molecule has 0 aliphatic carbocycles. The maximum atomic E-state index is 5.87. The molecule has 1 rings (SSSR count). The number of hydrogen-bond acceptors (Lipinski definition) is 5. The van der Waals surface area contributed by atoms with Gasteiger partial charge in [0.15, 0.2) is 6.29 Å². The van der Waals surface area contributed by atoms with Crippen molar-refractivity contribution in [2.24, 2.45) is 0 Å². The van der Waals surface area contributed by atoms with Gasteiger partial charge in [-0.25, -0.2) is 9.97 Å². The molecular formula is C15H27N3O2. The molecule has 0 unspecified atom stereocenters. The number of nitrogens with two attached hydrogens (primary N) is 1. The lowest BCUT2D eigenvalue weighted by atomic mass is 10.2. The first kappa shape index (κ1) is 16.9. The molecule has 1 aromatic rings. The van der Waals surface area contributed by atoms with E-state index in [9.17, 15) is 0 Å². The lowest BCUT2D eigenvalue weighted by molar-refractivity contribution is -0.148. The van der Waals surface area contributed by atoms with Crippen LogP contribution in [0.25, 0.3) is 0 Å². The standard InChI is InChI=1S/C15H27N3O2/c1-3-5-7-9-19-15(20-10-8-6-4-2)13-11-17-12-18-14(13)16/h11-12,15H,3-10H2,1-2H3,(H2,16,17,18). The van der Waals surface area contributed by atoms with Gasteiger partial charge in [0.1, 0.15) is 12.1 Å². The number of nitrogens with zero attached hydrogens (tertiary/aromatic N) is 2. The lowest BCUT2D eigenvalue weighted by Gasteiger charge is -2.19. The Labute approximate surface area is 121 Å². The van der Waals surface area contributed by atoms with Gasteiger partial charge in [-0.3, -0.25) is 0 Å². The molecule has 20 heavy (non-hydrogen) atoms. The van der Waals surface area contributed by atoms with Crippen molar-refractivity contribution in [1.29, 1.82) is 0 Å². The maximum Gasteiger partial charge on any atom is 0.188 e. The van der Waals surface area contributed by atoms with E-state index in [0.29, 0.717) is 19.0 Å². The molecule has 0 saturated heterocycles. The minimum absolute atomic E-state index is 0.427. The summed E-state index contributed by atoms with van der Waals surface area (Å²) < 4.78 is 11.6. The third kappa shape index (κ3) is 6.30. The number of rotatable bonds is 11. The first-order valence-corrected chi connectivity index (χ1v) is 7.58. The van der Waals surface area contributed by atoms with Crippen molar-refractivity contribution >= 4 is 5.82 Å². The van der Waals surface area contributed by atoms with Crippen molar-refractivity contribution in [2.45, 2.75) is 58.7 Å². The zero-order valence-electron chi connectivity index (χ0n) is 12.7. The molecule has 0 aliphatic rings. The van der Waals surface area contributed by atoms with Gasteiger partial charge in [0, 0.05) is 6.20 Å². The lowest BCUT2D eigenvalue weighted by Crippen LogP contribution is -2.14. The Kier molecular flexibility index (Phi) is 8.91. The molecule has 0 bridgehead atoms. The van der Waals surface area contributed by atoms with Gasteiger partial charge in [0.2, 0.25) is 0 Å². The summed E-state index contributed by atoms with van der Waals surface area (Å²) in [6, 6.07) is 0. The monoisotopic (exact) mass is 281 g/mol. The van der Waals surface area contributed by atoms with Crippen molar-refractivity contribution in [3.8, 4) is 0 Å². The van der Waals surface area contributed by atoms with E-state index in [2.05, 4.69) is 23.8 Å². The van der Waals surface area contributed by atoms with E-state index >= 15 is 0 Å². The number of hydrogen-bond donors (Lipinski definition) is 1.